The summed E-state index contributed by atoms with van der Waals surface area (Å²) in [5, 5.41) is 5.22. The maximum Gasteiger partial charge on any atom is 0.231 e. The van der Waals surface area contributed by atoms with Gasteiger partial charge in [0.25, 0.3) is 0 Å². The van der Waals surface area contributed by atoms with Crippen LogP contribution in [0.5, 0.6) is 0 Å². The third kappa shape index (κ3) is 4.03. The van der Waals surface area contributed by atoms with E-state index in [0.29, 0.717) is 18.2 Å². The van der Waals surface area contributed by atoms with Gasteiger partial charge < -0.3 is 10.2 Å². The lowest BCUT2D eigenvalue weighted by atomic mass is 10.1. The van der Waals surface area contributed by atoms with Crippen LogP contribution in [-0.4, -0.2) is 33.2 Å². The van der Waals surface area contributed by atoms with Crippen LogP contribution in [0.2, 0.25) is 0 Å². The largest absolute Gasteiger partial charge is 0.338 e. The Balaban J connectivity index is 1.38. The first-order valence-corrected chi connectivity index (χ1v) is 9.56. The van der Waals surface area contributed by atoms with E-state index in [1.165, 1.54) is 11.3 Å². The molecule has 0 radical (unpaired) electrons. The zero-order valence-electron chi connectivity index (χ0n) is 14.5. The summed E-state index contributed by atoms with van der Waals surface area (Å²) in [7, 11) is 0. The van der Waals surface area contributed by atoms with E-state index in [0.717, 1.165) is 17.0 Å². The molecular formula is C20H18N4O2S. The normalized spacial score (nSPS) is 16.5. The van der Waals surface area contributed by atoms with E-state index in [4.69, 9.17) is 0 Å². The van der Waals surface area contributed by atoms with Crippen LogP contribution in [0.4, 0.5) is 5.13 Å². The number of pyridine rings is 1. The predicted octanol–water partition coefficient (Wildman–Crippen LogP) is 3.19. The third-order valence-electron chi connectivity index (χ3n) is 4.46. The van der Waals surface area contributed by atoms with Crippen LogP contribution >= 0.6 is 11.3 Å². The molecule has 1 fully saturated rings. The molecule has 3 heterocycles. The molecule has 0 unspecified atom stereocenters. The van der Waals surface area contributed by atoms with Gasteiger partial charge in [-0.2, -0.15) is 0 Å². The summed E-state index contributed by atoms with van der Waals surface area (Å²) in [6.45, 7) is 0.961. The molecule has 3 aromatic rings. The molecule has 0 bridgehead atoms. The van der Waals surface area contributed by atoms with Crippen LogP contribution in [0.15, 0.2) is 60.1 Å². The number of aromatic nitrogens is 2. The van der Waals surface area contributed by atoms with Crippen LogP contribution in [-0.2, 0) is 16.1 Å². The zero-order chi connectivity index (χ0) is 18.6. The van der Waals surface area contributed by atoms with E-state index >= 15 is 0 Å². The minimum Gasteiger partial charge on any atom is -0.338 e. The van der Waals surface area contributed by atoms with Gasteiger partial charge in [0.2, 0.25) is 11.8 Å². The molecule has 1 saturated heterocycles. The fourth-order valence-electron chi connectivity index (χ4n) is 3.07. The Morgan fingerprint density at radius 3 is 2.74 bits per heavy atom. The smallest absolute Gasteiger partial charge is 0.231 e. The summed E-state index contributed by atoms with van der Waals surface area (Å²) < 4.78 is 0. The van der Waals surface area contributed by atoms with Gasteiger partial charge in [0.1, 0.15) is 5.69 Å². The Bertz CT molecular complexity index is 943. The van der Waals surface area contributed by atoms with E-state index in [2.05, 4.69) is 15.3 Å². The Kier molecular flexibility index (Phi) is 4.93. The monoisotopic (exact) mass is 378 g/mol. The van der Waals surface area contributed by atoms with Gasteiger partial charge in [-0.3, -0.25) is 14.6 Å². The molecule has 1 aliphatic rings. The van der Waals surface area contributed by atoms with Crippen molar-refractivity contribution in [3.05, 3.63) is 65.7 Å². The van der Waals surface area contributed by atoms with Gasteiger partial charge in [-0.1, -0.05) is 36.4 Å². The number of nitrogens with zero attached hydrogens (tertiary/aromatic N) is 3. The van der Waals surface area contributed by atoms with Crippen molar-refractivity contribution in [2.45, 2.75) is 13.0 Å². The fraction of sp³-hybridized carbons (Fsp3) is 0.200. The van der Waals surface area contributed by atoms with Crippen molar-refractivity contribution in [1.29, 1.82) is 0 Å². The van der Waals surface area contributed by atoms with E-state index < -0.39 is 0 Å². The summed E-state index contributed by atoms with van der Waals surface area (Å²) >= 11 is 1.35. The second-order valence-electron chi connectivity index (χ2n) is 6.40. The third-order valence-corrected chi connectivity index (χ3v) is 5.22. The zero-order valence-corrected chi connectivity index (χ0v) is 15.4. The second kappa shape index (κ2) is 7.67. The average molecular weight is 378 g/mol. The Morgan fingerprint density at radius 2 is 1.96 bits per heavy atom. The maximum absolute atomic E-state index is 12.6. The molecule has 0 spiro atoms. The highest BCUT2D eigenvalue weighted by atomic mass is 32.1. The van der Waals surface area contributed by atoms with Gasteiger partial charge >= 0.3 is 0 Å². The molecule has 2 aromatic heterocycles. The van der Waals surface area contributed by atoms with Crippen LogP contribution in [0.1, 0.15) is 12.0 Å². The molecule has 27 heavy (non-hydrogen) atoms. The number of thiazole rings is 1. The SMILES string of the molecule is O=C(Nc1nc(-c2ccccn2)cs1)[C@@H]1CC(=O)N(Cc2ccccc2)C1. The summed E-state index contributed by atoms with van der Waals surface area (Å²) in [6.07, 6.45) is 1.94. The minimum absolute atomic E-state index is 0.00677. The number of benzene rings is 1. The lowest BCUT2D eigenvalue weighted by molar-refractivity contribution is -0.128. The van der Waals surface area contributed by atoms with Gasteiger partial charge in [0.15, 0.2) is 5.13 Å². The highest BCUT2D eigenvalue weighted by Gasteiger charge is 2.34. The van der Waals surface area contributed by atoms with Crippen LogP contribution in [0.25, 0.3) is 11.4 Å². The average Bonchev–Trinajstić information content (AvgIpc) is 3.30. The molecule has 7 heteroatoms. The van der Waals surface area contributed by atoms with Gasteiger partial charge in [-0.15, -0.1) is 11.3 Å². The molecule has 2 amide bonds. The first-order chi connectivity index (χ1) is 13.2. The molecule has 1 N–H and O–H groups in total. The topological polar surface area (TPSA) is 75.2 Å². The fourth-order valence-corrected chi connectivity index (χ4v) is 3.78. The van der Waals surface area contributed by atoms with Crippen molar-refractivity contribution < 1.29 is 9.59 Å². The van der Waals surface area contributed by atoms with Crippen molar-refractivity contribution in [1.82, 2.24) is 14.9 Å². The minimum atomic E-state index is -0.358. The molecule has 4 rings (SSSR count). The number of nitrogens with one attached hydrogen (secondary N) is 1. The quantitative estimate of drug-likeness (QED) is 0.740. The number of carbonyl (C=O) groups is 2. The van der Waals surface area contributed by atoms with Crippen LogP contribution in [0, 0.1) is 5.92 Å². The van der Waals surface area contributed by atoms with Gasteiger partial charge in [0.05, 0.1) is 11.6 Å². The lowest BCUT2D eigenvalue weighted by Gasteiger charge is -2.16. The number of anilines is 1. The lowest BCUT2D eigenvalue weighted by Crippen LogP contribution is -2.28. The second-order valence-corrected chi connectivity index (χ2v) is 7.26. The molecule has 0 aliphatic carbocycles. The number of likely N-dealkylation sites (tertiary alicyclic amines) is 1. The first kappa shape index (κ1) is 17.4. The summed E-state index contributed by atoms with van der Waals surface area (Å²) in [5.41, 5.74) is 2.55. The standard InChI is InChI=1S/C20H18N4O2S/c25-18-10-15(12-24(18)11-14-6-2-1-3-7-14)19(26)23-20-22-17(13-27-20)16-8-4-5-9-21-16/h1-9,13,15H,10-12H2,(H,22,23,26)/t15-/m1/s1. The van der Waals surface area contributed by atoms with Crippen LogP contribution < -0.4 is 5.32 Å². The number of carbonyl (C=O) groups excluding carboxylic acids is 2. The molecule has 136 valence electrons. The molecule has 0 saturated carbocycles. The van der Waals surface area contributed by atoms with E-state index in [1.54, 1.807) is 11.1 Å². The molecular weight excluding hydrogens is 360 g/mol. The summed E-state index contributed by atoms with van der Waals surface area (Å²) in [6, 6.07) is 15.4. The van der Waals surface area contributed by atoms with E-state index in [1.807, 2.05) is 53.9 Å². The molecule has 1 atom stereocenters. The molecule has 1 aliphatic heterocycles. The predicted molar refractivity (Wildman–Crippen MR) is 104 cm³/mol. The van der Waals surface area contributed by atoms with E-state index in [-0.39, 0.29) is 24.2 Å². The Hall–Kier alpha value is -3.06. The first-order valence-electron chi connectivity index (χ1n) is 8.68. The molecule has 1 aromatic carbocycles. The van der Waals surface area contributed by atoms with Gasteiger partial charge in [0, 0.05) is 31.1 Å². The van der Waals surface area contributed by atoms with E-state index in [9.17, 15) is 9.59 Å². The highest BCUT2D eigenvalue weighted by molar-refractivity contribution is 7.14. The summed E-state index contributed by atoms with van der Waals surface area (Å²) in [4.78, 5) is 35.2. The van der Waals surface area contributed by atoms with Gasteiger partial charge in [-0.25, -0.2) is 4.98 Å². The Labute approximate surface area is 160 Å². The number of amides is 2. The van der Waals surface area contributed by atoms with Crippen molar-refractivity contribution in [3.8, 4) is 11.4 Å². The summed E-state index contributed by atoms with van der Waals surface area (Å²) in [5.74, 6) is -0.517. The van der Waals surface area contributed by atoms with Gasteiger partial charge in [-0.05, 0) is 17.7 Å². The number of hydrogen-bond acceptors (Lipinski definition) is 5. The van der Waals surface area contributed by atoms with Crippen LogP contribution in [0.3, 0.4) is 0 Å². The van der Waals surface area contributed by atoms with Crippen molar-refractivity contribution in [3.63, 3.8) is 0 Å². The van der Waals surface area contributed by atoms with Crippen molar-refractivity contribution in [2.75, 3.05) is 11.9 Å². The maximum atomic E-state index is 12.6. The van der Waals surface area contributed by atoms with Crippen molar-refractivity contribution in [2.24, 2.45) is 5.92 Å². The Morgan fingerprint density at radius 1 is 1.15 bits per heavy atom. The number of hydrogen-bond donors (Lipinski definition) is 1. The molecule has 6 nitrogen and oxygen atoms in total. The highest BCUT2D eigenvalue weighted by Crippen LogP contribution is 2.26. The number of rotatable bonds is 5. The van der Waals surface area contributed by atoms with Crippen molar-refractivity contribution >= 4 is 28.3 Å².